The second kappa shape index (κ2) is 9.63. The van der Waals surface area contributed by atoms with Crippen molar-refractivity contribution < 1.29 is 60.5 Å². The molecule has 0 amide bonds. The van der Waals surface area contributed by atoms with Crippen molar-refractivity contribution >= 4 is 45.5 Å². The SMILES string of the molecule is O=[N+]([O-])c1cc([N+](=O)[O-])c(Nc2c([N+](=O)[O-])cc([N+](=O)[O-])cc2[N+](=O)[O-])c([N+](=O)[O-])c1.[H-].[Na+]. The largest absolute Gasteiger partial charge is 1.00 e. The first-order valence-corrected chi connectivity index (χ1v) is 7.34. The van der Waals surface area contributed by atoms with Gasteiger partial charge in [-0.3, -0.25) is 60.7 Å². The minimum absolute atomic E-state index is 0. The molecular formula is C12H6N7NaO12. The summed E-state index contributed by atoms with van der Waals surface area (Å²) < 4.78 is 0. The Morgan fingerprint density at radius 1 is 0.500 bits per heavy atom. The molecule has 2 aromatic carbocycles. The van der Waals surface area contributed by atoms with Crippen LogP contribution in [0.5, 0.6) is 0 Å². The van der Waals surface area contributed by atoms with Gasteiger partial charge in [0.2, 0.25) is 0 Å². The Bertz CT molecular complexity index is 1040. The Morgan fingerprint density at radius 2 is 0.719 bits per heavy atom. The smallest absolute Gasteiger partial charge is 1.00 e. The quantitative estimate of drug-likeness (QED) is 0.307. The van der Waals surface area contributed by atoms with Crippen LogP contribution in [0.3, 0.4) is 0 Å². The van der Waals surface area contributed by atoms with Crippen LogP contribution in [0.1, 0.15) is 1.43 Å². The number of nitro groups is 6. The average Bonchev–Trinajstić information content (AvgIpc) is 2.66. The van der Waals surface area contributed by atoms with Crippen LogP contribution in [0.4, 0.5) is 45.5 Å². The van der Waals surface area contributed by atoms with E-state index in [2.05, 4.69) is 0 Å². The van der Waals surface area contributed by atoms with E-state index >= 15 is 0 Å². The zero-order valence-electron chi connectivity index (χ0n) is 16.4. The third kappa shape index (κ3) is 5.03. The topological polar surface area (TPSA) is 271 Å². The fourth-order valence-corrected chi connectivity index (χ4v) is 2.36. The van der Waals surface area contributed by atoms with Crippen LogP contribution in [0, 0.1) is 60.7 Å². The molecule has 2 rings (SSSR count). The predicted octanol–water partition coefficient (Wildman–Crippen LogP) is -0.00410. The second-order valence-corrected chi connectivity index (χ2v) is 5.39. The van der Waals surface area contributed by atoms with Gasteiger partial charge >= 0.3 is 52.3 Å². The van der Waals surface area contributed by atoms with Crippen LogP contribution in [-0.2, 0) is 0 Å². The Labute approximate surface area is 196 Å². The fourth-order valence-electron chi connectivity index (χ4n) is 2.36. The van der Waals surface area contributed by atoms with Crippen LogP contribution >= 0.6 is 0 Å². The Morgan fingerprint density at radius 3 is 0.875 bits per heavy atom. The van der Waals surface area contributed by atoms with Gasteiger partial charge in [0.25, 0.3) is 11.4 Å². The van der Waals surface area contributed by atoms with E-state index in [9.17, 15) is 60.7 Å². The van der Waals surface area contributed by atoms with Crippen molar-refractivity contribution in [1.29, 1.82) is 0 Å². The summed E-state index contributed by atoms with van der Waals surface area (Å²) in [5.41, 5.74) is -9.66. The van der Waals surface area contributed by atoms with E-state index in [-0.39, 0.29) is 31.0 Å². The molecule has 0 aliphatic rings. The third-order valence-electron chi connectivity index (χ3n) is 3.62. The van der Waals surface area contributed by atoms with E-state index < -0.39 is 75.0 Å². The zero-order valence-corrected chi connectivity index (χ0v) is 17.4. The van der Waals surface area contributed by atoms with Crippen LogP contribution < -0.4 is 34.9 Å². The molecule has 0 saturated carbocycles. The summed E-state index contributed by atoms with van der Waals surface area (Å²) >= 11 is 0. The van der Waals surface area contributed by atoms with Gasteiger partial charge in [0, 0.05) is 0 Å². The molecule has 0 aliphatic heterocycles. The molecule has 0 radical (unpaired) electrons. The van der Waals surface area contributed by atoms with E-state index in [1.54, 1.807) is 0 Å². The Kier molecular flexibility index (Phi) is 7.73. The normalized spacial score (nSPS) is 9.88. The first-order valence-electron chi connectivity index (χ1n) is 7.34. The molecule has 0 spiro atoms. The van der Waals surface area contributed by atoms with Gasteiger partial charge in [-0.15, -0.1) is 0 Å². The molecule has 20 heteroatoms. The molecule has 0 bridgehead atoms. The molecule has 2 aromatic rings. The molecule has 32 heavy (non-hydrogen) atoms. The first-order chi connectivity index (χ1) is 14.3. The summed E-state index contributed by atoms with van der Waals surface area (Å²) in [4.78, 5) is 59.5. The van der Waals surface area contributed by atoms with E-state index in [1.165, 1.54) is 0 Å². The number of benzene rings is 2. The summed E-state index contributed by atoms with van der Waals surface area (Å²) in [6.07, 6.45) is 0. The van der Waals surface area contributed by atoms with Crippen molar-refractivity contribution in [3.63, 3.8) is 0 Å². The van der Waals surface area contributed by atoms with Crippen molar-refractivity contribution in [2.24, 2.45) is 0 Å². The number of hydrogen-bond donors (Lipinski definition) is 1. The summed E-state index contributed by atoms with van der Waals surface area (Å²) in [5, 5.41) is 68.9. The number of non-ortho nitro benzene ring substituents is 2. The van der Waals surface area contributed by atoms with Crippen molar-refractivity contribution in [3.05, 3.63) is 85.0 Å². The van der Waals surface area contributed by atoms with Gasteiger partial charge in [-0.1, -0.05) is 0 Å². The number of nitrogens with one attached hydrogen (secondary N) is 1. The van der Waals surface area contributed by atoms with E-state index in [0.717, 1.165) is 0 Å². The molecule has 0 fully saturated rings. The van der Waals surface area contributed by atoms with E-state index in [1.807, 2.05) is 5.32 Å². The predicted molar refractivity (Wildman–Crippen MR) is 97.2 cm³/mol. The van der Waals surface area contributed by atoms with Crippen LogP contribution in [-0.4, -0.2) is 29.5 Å². The standard InChI is InChI=1S/C12H5N7O12.Na.H/c20-14(21)5-1-7(16(24)25)11(8(2-5)17(26)27)13-12-9(18(28)29)3-6(15(22)23)4-10(12)19(30)31;;/h1-4,13H;;/q;+1;-1. The van der Waals surface area contributed by atoms with E-state index in [0.29, 0.717) is 24.3 Å². The number of rotatable bonds is 8. The van der Waals surface area contributed by atoms with Crippen molar-refractivity contribution in [2.75, 3.05) is 5.32 Å². The summed E-state index contributed by atoms with van der Waals surface area (Å²) in [6, 6.07) is 1.16. The van der Waals surface area contributed by atoms with E-state index in [4.69, 9.17) is 0 Å². The van der Waals surface area contributed by atoms with Crippen molar-refractivity contribution in [3.8, 4) is 0 Å². The molecule has 0 saturated heterocycles. The molecule has 0 atom stereocenters. The number of hydrogen-bond acceptors (Lipinski definition) is 13. The van der Waals surface area contributed by atoms with Gasteiger partial charge in [-0.05, 0) is 0 Å². The molecule has 162 valence electrons. The van der Waals surface area contributed by atoms with Gasteiger partial charge in [-0.2, -0.15) is 0 Å². The van der Waals surface area contributed by atoms with Crippen LogP contribution in [0.15, 0.2) is 24.3 Å². The van der Waals surface area contributed by atoms with Crippen molar-refractivity contribution in [2.45, 2.75) is 0 Å². The molecule has 0 aliphatic carbocycles. The van der Waals surface area contributed by atoms with Crippen LogP contribution in [0.2, 0.25) is 0 Å². The number of nitro benzene ring substituents is 6. The zero-order chi connectivity index (χ0) is 23.6. The maximum atomic E-state index is 11.3. The summed E-state index contributed by atoms with van der Waals surface area (Å²) in [5.74, 6) is 0. The van der Waals surface area contributed by atoms with Crippen LogP contribution in [0.25, 0.3) is 0 Å². The minimum Gasteiger partial charge on any atom is -1.00 e. The first kappa shape index (κ1) is 25.7. The fraction of sp³-hybridized carbons (Fsp3) is 0. The monoisotopic (exact) mass is 463 g/mol. The number of nitrogens with zero attached hydrogens (tertiary/aromatic N) is 6. The maximum Gasteiger partial charge on any atom is 1.00 e. The molecule has 0 unspecified atom stereocenters. The Hall–Kier alpha value is -4.36. The van der Waals surface area contributed by atoms with Gasteiger partial charge < -0.3 is 6.74 Å². The average molecular weight is 463 g/mol. The maximum absolute atomic E-state index is 11.3. The number of anilines is 2. The van der Waals surface area contributed by atoms with Gasteiger partial charge in [-0.25, -0.2) is 0 Å². The second-order valence-electron chi connectivity index (χ2n) is 5.39. The van der Waals surface area contributed by atoms with Crippen molar-refractivity contribution in [1.82, 2.24) is 0 Å². The van der Waals surface area contributed by atoms with Gasteiger partial charge in [0.05, 0.1) is 53.8 Å². The van der Waals surface area contributed by atoms with Gasteiger partial charge in [0.15, 0.2) is 11.4 Å². The summed E-state index contributed by atoms with van der Waals surface area (Å²) in [6.45, 7) is 0. The molecule has 1 N–H and O–H groups in total. The minimum atomic E-state index is -1.30. The summed E-state index contributed by atoms with van der Waals surface area (Å²) in [7, 11) is 0. The molecular weight excluding hydrogens is 457 g/mol. The molecule has 0 heterocycles. The molecule has 0 aromatic heterocycles. The molecule has 19 nitrogen and oxygen atoms in total. The third-order valence-corrected chi connectivity index (χ3v) is 3.62. The van der Waals surface area contributed by atoms with Gasteiger partial charge in [0.1, 0.15) is 0 Å². The Balaban J connectivity index is 0.00000512.